The van der Waals surface area contributed by atoms with Crippen LogP contribution in [0.4, 0.5) is 0 Å². The minimum atomic E-state index is -0.719. The number of nitrogens with zero attached hydrogens (tertiary/aromatic N) is 4. The van der Waals surface area contributed by atoms with Gasteiger partial charge in [0.05, 0.1) is 18.7 Å². The van der Waals surface area contributed by atoms with E-state index in [0.29, 0.717) is 0 Å². The number of azide groups is 1. The lowest BCUT2D eigenvalue weighted by Gasteiger charge is -2.21. The van der Waals surface area contributed by atoms with Crippen LogP contribution in [-0.4, -0.2) is 36.7 Å². The predicted molar refractivity (Wildman–Crippen MR) is 52.1 cm³/mol. The third-order valence-electron chi connectivity index (χ3n) is 2.60. The van der Waals surface area contributed by atoms with Crippen molar-refractivity contribution in [3.05, 3.63) is 10.4 Å². The summed E-state index contributed by atoms with van der Waals surface area (Å²) in [5, 5.41) is 12.4. The van der Waals surface area contributed by atoms with Gasteiger partial charge in [0, 0.05) is 4.91 Å². The molecule has 0 aromatic heterocycles. The Balaban J connectivity index is 2.14. The van der Waals surface area contributed by atoms with Gasteiger partial charge in [0.25, 0.3) is 0 Å². The van der Waals surface area contributed by atoms with E-state index in [0.717, 1.165) is 0 Å². The first-order chi connectivity index (χ1) is 7.57. The van der Waals surface area contributed by atoms with E-state index in [4.69, 9.17) is 25.0 Å². The van der Waals surface area contributed by atoms with Crippen molar-refractivity contribution in [2.75, 3.05) is 6.54 Å². The minimum Gasteiger partial charge on any atom is -0.354 e. The lowest BCUT2D eigenvalue weighted by atomic mass is 10.1. The molecule has 0 bridgehead atoms. The number of hydrogen-bond donors (Lipinski definition) is 0. The van der Waals surface area contributed by atoms with Crippen molar-refractivity contribution < 1.29 is 14.2 Å². The summed E-state index contributed by atoms with van der Waals surface area (Å²) in [6.07, 6.45) is -1.82. The van der Waals surface area contributed by atoms with Crippen molar-refractivity contribution >= 4 is 0 Å². The van der Waals surface area contributed by atoms with Crippen LogP contribution >= 0.6 is 0 Å². The summed E-state index contributed by atoms with van der Waals surface area (Å²) >= 11 is 0. The molecule has 0 aromatic carbocycles. The Labute approximate surface area is 92.5 Å². The molecule has 4 atom stereocenters. The molecule has 0 aliphatic carbocycles. The largest absolute Gasteiger partial charge is 0.354 e. The highest BCUT2D eigenvalue weighted by molar-refractivity contribution is 5.06. The maximum absolute atomic E-state index is 8.91. The first kappa shape index (κ1) is 11.2. The average molecular weight is 224 g/mol. The molecule has 2 aliphatic heterocycles. The smallest absolute Gasteiger partial charge is 0.173 e. The van der Waals surface area contributed by atoms with Crippen LogP contribution < -0.4 is 0 Å². The third kappa shape index (κ3) is 1.84. The van der Waals surface area contributed by atoms with Gasteiger partial charge in [-0.15, -0.1) is 0 Å². The Kier molecular flexibility index (Phi) is 2.74. The quantitative estimate of drug-likeness (QED) is 0.398. The molecule has 0 spiro atoms. The zero-order chi connectivity index (χ0) is 11.8. The predicted octanol–water partition coefficient (Wildman–Crippen LogP) is 1.11. The summed E-state index contributed by atoms with van der Waals surface area (Å²) in [4.78, 5) is 2.67. The van der Waals surface area contributed by atoms with Gasteiger partial charge in [-0.05, 0) is 19.4 Å². The van der Waals surface area contributed by atoms with E-state index in [1.165, 1.54) is 0 Å². The molecule has 2 heterocycles. The molecule has 2 aliphatic rings. The third-order valence-corrected chi connectivity index (χ3v) is 2.60. The number of fused-ring (bicyclic) bond motifs is 1. The van der Waals surface area contributed by atoms with Crippen LogP contribution in [0.25, 0.3) is 10.4 Å². The zero-order valence-corrected chi connectivity index (χ0v) is 9.03. The van der Waals surface area contributed by atoms with Gasteiger partial charge in [-0.1, -0.05) is 5.11 Å². The zero-order valence-electron chi connectivity index (χ0n) is 9.03. The van der Waals surface area contributed by atoms with Gasteiger partial charge in [0.1, 0.15) is 12.2 Å². The van der Waals surface area contributed by atoms with E-state index in [1.807, 2.05) is 6.07 Å². The van der Waals surface area contributed by atoms with Crippen molar-refractivity contribution in [2.24, 2.45) is 5.11 Å². The number of ether oxygens (including phenoxy) is 3. The van der Waals surface area contributed by atoms with Crippen LogP contribution in [-0.2, 0) is 14.2 Å². The number of nitriles is 1. The van der Waals surface area contributed by atoms with Gasteiger partial charge in [0.2, 0.25) is 0 Å². The van der Waals surface area contributed by atoms with Gasteiger partial charge >= 0.3 is 0 Å². The molecule has 0 unspecified atom stereocenters. The van der Waals surface area contributed by atoms with Crippen LogP contribution in [0.5, 0.6) is 0 Å². The van der Waals surface area contributed by atoms with E-state index >= 15 is 0 Å². The van der Waals surface area contributed by atoms with Crippen LogP contribution in [0.1, 0.15) is 13.8 Å². The van der Waals surface area contributed by atoms with E-state index in [2.05, 4.69) is 10.0 Å². The monoisotopic (exact) mass is 224 g/mol. The molecule has 7 heteroatoms. The van der Waals surface area contributed by atoms with E-state index in [-0.39, 0.29) is 12.6 Å². The molecular weight excluding hydrogens is 212 g/mol. The fourth-order valence-electron chi connectivity index (χ4n) is 2.05. The van der Waals surface area contributed by atoms with Gasteiger partial charge < -0.3 is 14.2 Å². The minimum absolute atomic E-state index is 0.148. The molecule has 0 saturated carbocycles. The summed E-state index contributed by atoms with van der Waals surface area (Å²) < 4.78 is 16.6. The molecule has 86 valence electrons. The molecule has 16 heavy (non-hydrogen) atoms. The second kappa shape index (κ2) is 3.92. The van der Waals surface area contributed by atoms with Crippen molar-refractivity contribution in [1.29, 1.82) is 5.26 Å². The summed E-state index contributed by atoms with van der Waals surface area (Å²) in [5.74, 6) is -0.719. The summed E-state index contributed by atoms with van der Waals surface area (Å²) in [6.45, 7) is 3.71. The number of rotatable bonds is 2. The van der Waals surface area contributed by atoms with Crippen molar-refractivity contribution in [2.45, 2.75) is 44.1 Å². The van der Waals surface area contributed by atoms with Crippen LogP contribution in [0.2, 0.25) is 0 Å². The van der Waals surface area contributed by atoms with E-state index in [9.17, 15) is 0 Å². The van der Waals surface area contributed by atoms with Gasteiger partial charge in [0.15, 0.2) is 11.9 Å². The normalized spacial score (nSPS) is 39.8. The van der Waals surface area contributed by atoms with Crippen LogP contribution in [0, 0.1) is 11.3 Å². The first-order valence-corrected chi connectivity index (χ1v) is 4.99. The Bertz CT molecular complexity index is 371. The molecule has 0 aromatic rings. The van der Waals surface area contributed by atoms with Crippen LogP contribution in [0.15, 0.2) is 5.11 Å². The highest BCUT2D eigenvalue weighted by Crippen LogP contribution is 2.38. The maximum Gasteiger partial charge on any atom is 0.173 e. The molecule has 0 amide bonds. The fraction of sp³-hybridized carbons (Fsp3) is 0.889. The molecule has 2 fully saturated rings. The molecule has 0 N–H and O–H groups in total. The SMILES string of the molecule is CC1(C)O[C@@H]2[C@H](O1)[C@@H](CN=[N+]=[N-])O[C@H]2C#N. The van der Waals surface area contributed by atoms with Crippen molar-refractivity contribution in [1.82, 2.24) is 0 Å². The Hall–Kier alpha value is -1.32. The van der Waals surface area contributed by atoms with Gasteiger partial charge in [-0.3, -0.25) is 0 Å². The Morgan fingerprint density at radius 2 is 2.12 bits per heavy atom. The average Bonchev–Trinajstić information content (AvgIpc) is 2.69. The van der Waals surface area contributed by atoms with Crippen LogP contribution in [0.3, 0.4) is 0 Å². The maximum atomic E-state index is 8.91. The number of hydrogen-bond acceptors (Lipinski definition) is 5. The van der Waals surface area contributed by atoms with E-state index in [1.54, 1.807) is 13.8 Å². The lowest BCUT2D eigenvalue weighted by Crippen LogP contribution is -2.31. The lowest BCUT2D eigenvalue weighted by molar-refractivity contribution is -0.180. The highest BCUT2D eigenvalue weighted by atomic mass is 16.8. The Morgan fingerprint density at radius 1 is 1.44 bits per heavy atom. The van der Waals surface area contributed by atoms with Crippen molar-refractivity contribution in [3.63, 3.8) is 0 Å². The van der Waals surface area contributed by atoms with Gasteiger partial charge in [-0.25, -0.2) is 0 Å². The highest BCUT2D eigenvalue weighted by Gasteiger charge is 2.55. The Morgan fingerprint density at radius 3 is 2.75 bits per heavy atom. The first-order valence-electron chi connectivity index (χ1n) is 4.99. The second-order valence-electron chi connectivity index (χ2n) is 4.20. The summed E-state index contributed by atoms with van der Waals surface area (Å²) in [6, 6.07) is 2.02. The second-order valence-corrected chi connectivity index (χ2v) is 4.20. The van der Waals surface area contributed by atoms with Gasteiger partial charge in [-0.2, -0.15) is 5.26 Å². The standard InChI is InChI=1S/C9H12N4O3/c1-9(2)15-7-5(3-10)14-6(4-12-13-11)8(7)16-9/h5-8H,4H2,1-2H3/t5-,6+,7-,8+/m0/s1. The molecule has 2 saturated heterocycles. The summed E-state index contributed by atoms with van der Waals surface area (Å²) in [7, 11) is 0. The fourth-order valence-corrected chi connectivity index (χ4v) is 2.05. The molecule has 7 nitrogen and oxygen atoms in total. The summed E-state index contributed by atoms with van der Waals surface area (Å²) in [5.41, 5.74) is 8.26. The topological polar surface area (TPSA) is 100 Å². The molecule has 2 rings (SSSR count). The molecular formula is C9H12N4O3. The van der Waals surface area contributed by atoms with E-state index < -0.39 is 24.1 Å². The van der Waals surface area contributed by atoms with Crippen molar-refractivity contribution in [3.8, 4) is 6.07 Å². The molecule has 0 radical (unpaired) electrons.